The largest absolute Gasteiger partial charge is 0.490 e. The van der Waals surface area contributed by atoms with E-state index in [4.69, 9.17) is 9.26 Å². The second-order valence-corrected chi connectivity index (χ2v) is 8.67. The Kier molecular flexibility index (Phi) is 7.99. The van der Waals surface area contributed by atoms with Gasteiger partial charge in [-0.1, -0.05) is 25.9 Å². The van der Waals surface area contributed by atoms with Crippen LogP contribution >= 0.6 is 0 Å². The highest BCUT2D eigenvalue weighted by molar-refractivity contribution is 5.63. The molecule has 7 heteroatoms. The fraction of sp³-hybridized carbons (Fsp3) is 0.480. The highest BCUT2D eigenvalue weighted by Gasteiger charge is 2.17. The van der Waals surface area contributed by atoms with Crippen LogP contribution in [0.2, 0.25) is 0 Å². The molecule has 0 spiro atoms. The smallest absolute Gasteiger partial charge is 0.276 e. The molecule has 3 rings (SSSR count). The SMILES string of the molecule is CCc1cc(-c2noc(-c3cc(C)c(CC(C)C)cn3)n2)cc(C)c1OC[C@@H](O)CNC. The van der Waals surface area contributed by atoms with Crippen LogP contribution in [0.25, 0.3) is 23.0 Å². The van der Waals surface area contributed by atoms with Crippen molar-refractivity contribution in [1.29, 1.82) is 0 Å². The van der Waals surface area contributed by atoms with E-state index >= 15 is 0 Å². The highest BCUT2D eigenvalue weighted by atomic mass is 16.5. The minimum Gasteiger partial charge on any atom is -0.490 e. The van der Waals surface area contributed by atoms with Gasteiger partial charge < -0.3 is 19.7 Å². The van der Waals surface area contributed by atoms with Gasteiger partial charge in [-0.15, -0.1) is 0 Å². The van der Waals surface area contributed by atoms with Crippen molar-refractivity contribution in [3.63, 3.8) is 0 Å². The van der Waals surface area contributed by atoms with E-state index in [0.29, 0.717) is 29.9 Å². The van der Waals surface area contributed by atoms with E-state index in [1.165, 1.54) is 11.1 Å². The van der Waals surface area contributed by atoms with E-state index in [0.717, 1.165) is 35.3 Å². The molecule has 1 aromatic carbocycles. The van der Waals surface area contributed by atoms with Crippen LogP contribution in [-0.4, -0.2) is 46.5 Å². The summed E-state index contributed by atoms with van der Waals surface area (Å²) < 4.78 is 11.5. The Morgan fingerprint density at radius 2 is 1.91 bits per heavy atom. The molecule has 172 valence electrons. The van der Waals surface area contributed by atoms with Gasteiger partial charge in [0.25, 0.3) is 5.89 Å². The lowest BCUT2D eigenvalue weighted by Gasteiger charge is -2.17. The third-order valence-electron chi connectivity index (χ3n) is 5.34. The van der Waals surface area contributed by atoms with Crippen LogP contribution in [0.1, 0.15) is 43.0 Å². The van der Waals surface area contributed by atoms with Gasteiger partial charge in [-0.05, 0) is 80.1 Å². The Balaban J connectivity index is 1.84. The molecule has 2 heterocycles. The number of aliphatic hydroxyl groups excluding tert-OH is 1. The zero-order valence-electron chi connectivity index (χ0n) is 19.9. The van der Waals surface area contributed by atoms with Gasteiger partial charge >= 0.3 is 0 Å². The van der Waals surface area contributed by atoms with E-state index in [1.807, 2.05) is 31.3 Å². The quantitative estimate of drug-likeness (QED) is 0.491. The van der Waals surface area contributed by atoms with Crippen LogP contribution < -0.4 is 10.1 Å². The summed E-state index contributed by atoms with van der Waals surface area (Å²) in [5.41, 5.74) is 5.96. The highest BCUT2D eigenvalue weighted by Crippen LogP contribution is 2.31. The Hall–Kier alpha value is -2.77. The lowest BCUT2D eigenvalue weighted by atomic mass is 10.0. The third-order valence-corrected chi connectivity index (χ3v) is 5.34. The molecule has 2 aromatic heterocycles. The predicted molar refractivity (Wildman–Crippen MR) is 126 cm³/mol. The number of aryl methyl sites for hydroxylation is 3. The van der Waals surface area contributed by atoms with Crippen molar-refractivity contribution < 1.29 is 14.4 Å². The molecular weight excluding hydrogens is 404 g/mol. The van der Waals surface area contributed by atoms with Crippen molar-refractivity contribution in [3.05, 3.63) is 46.6 Å². The van der Waals surface area contributed by atoms with Crippen molar-refractivity contribution in [2.45, 2.75) is 53.6 Å². The van der Waals surface area contributed by atoms with Gasteiger partial charge in [0, 0.05) is 18.3 Å². The average Bonchev–Trinajstić information content (AvgIpc) is 3.24. The zero-order valence-corrected chi connectivity index (χ0v) is 19.9. The zero-order chi connectivity index (χ0) is 23.3. The molecule has 2 N–H and O–H groups in total. The maximum atomic E-state index is 9.96. The molecular formula is C25H34N4O3. The van der Waals surface area contributed by atoms with E-state index in [1.54, 1.807) is 7.05 Å². The Bertz CT molecular complexity index is 1050. The number of nitrogens with one attached hydrogen (secondary N) is 1. The number of pyridine rings is 1. The Morgan fingerprint density at radius 3 is 2.56 bits per heavy atom. The molecule has 0 fully saturated rings. The molecule has 32 heavy (non-hydrogen) atoms. The van der Waals surface area contributed by atoms with Crippen LogP contribution in [0.15, 0.2) is 28.9 Å². The minimum atomic E-state index is -0.563. The van der Waals surface area contributed by atoms with Gasteiger partial charge in [0.1, 0.15) is 24.2 Å². The summed E-state index contributed by atoms with van der Waals surface area (Å²) in [5, 5.41) is 17.1. The lowest BCUT2D eigenvalue weighted by molar-refractivity contribution is 0.107. The molecule has 3 aromatic rings. The van der Waals surface area contributed by atoms with Gasteiger partial charge in [0.2, 0.25) is 5.82 Å². The van der Waals surface area contributed by atoms with Crippen LogP contribution in [-0.2, 0) is 12.8 Å². The summed E-state index contributed by atoms with van der Waals surface area (Å²) in [4.78, 5) is 9.14. The van der Waals surface area contributed by atoms with Crippen molar-refractivity contribution >= 4 is 0 Å². The third kappa shape index (κ3) is 5.72. The Morgan fingerprint density at radius 1 is 1.12 bits per heavy atom. The summed E-state index contributed by atoms with van der Waals surface area (Å²) in [6, 6.07) is 6.01. The molecule has 0 unspecified atom stereocenters. The summed E-state index contributed by atoms with van der Waals surface area (Å²) in [5.74, 6) is 2.30. The van der Waals surface area contributed by atoms with E-state index in [9.17, 15) is 5.11 Å². The molecule has 1 atom stereocenters. The number of hydrogen-bond acceptors (Lipinski definition) is 7. The topological polar surface area (TPSA) is 93.3 Å². The number of hydrogen-bond donors (Lipinski definition) is 2. The molecule has 0 radical (unpaired) electrons. The molecule has 0 saturated carbocycles. The van der Waals surface area contributed by atoms with Crippen molar-refractivity contribution in [2.75, 3.05) is 20.2 Å². The van der Waals surface area contributed by atoms with E-state index in [2.05, 4.69) is 48.1 Å². The van der Waals surface area contributed by atoms with Crippen molar-refractivity contribution in [1.82, 2.24) is 20.4 Å². The number of ether oxygens (including phenoxy) is 1. The molecule has 0 aliphatic carbocycles. The number of nitrogens with zero attached hydrogens (tertiary/aromatic N) is 3. The van der Waals surface area contributed by atoms with Gasteiger partial charge in [-0.2, -0.15) is 4.98 Å². The maximum Gasteiger partial charge on any atom is 0.276 e. The summed E-state index contributed by atoms with van der Waals surface area (Å²) in [7, 11) is 1.80. The summed E-state index contributed by atoms with van der Waals surface area (Å²) >= 11 is 0. The monoisotopic (exact) mass is 438 g/mol. The number of likely N-dealkylation sites (N-methyl/N-ethyl adjacent to an activating group) is 1. The van der Waals surface area contributed by atoms with Crippen molar-refractivity contribution in [2.24, 2.45) is 5.92 Å². The van der Waals surface area contributed by atoms with Gasteiger partial charge in [-0.25, -0.2) is 0 Å². The first kappa shape index (κ1) is 23.9. The Labute approximate surface area is 190 Å². The summed E-state index contributed by atoms with van der Waals surface area (Å²) in [6.07, 6.45) is 3.12. The van der Waals surface area contributed by atoms with Gasteiger partial charge in [0.15, 0.2) is 0 Å². The van der Waals surface area contributed by atoms with Gasteiger partial charge in [-0.3, -0.25) is 4.98 Å². The number of aliphatic hydroxyl groups is 1. The fourth-order valence-corrected chi connectivity index (χ4v) is 3.72. The van der Waals surface area contributed by atoms with Crippen LogP contribution in [0.5, 0.6) is 5.75 Å². The summed E-state index contributed by atoms with van der Waals surface area (Å²) in [6.45, 7) is 11.3. The molecule has 0 saturated heterocycles. The molecule has 7 nitrogen and oxygen atoms in total. The van der Waals surface area contributed by atoms with E-state index < -0.39 is 6.10 Å². The van der Waals surface area contributed by atoms with Gasteiger partial charge in [0.05, 0.1) is 0 Å². The normalized spacial score (nSPS) is 12.4. The minimum absolute atomic E-state index is 0.234. The maximum absolute atomic E-state index is 9.96. The molecule has 0 aliphatic heterocycles. The standard InChI is InChI=1S/C25H34N4O3/c1-7-18-11-19(9-17(5)23(18)31-14-21(30)13-26-6)24-28-25(32-29-24)22-10-16(4)20(12-27-22)8-15(2)3/h9-12,15,21,26,30H,7-8,13-14H2,1-6H3/t21-/m0/s1. The number of aromatic nitrogens is 3. The average molecular weight is 439 g/mol. The predicted octanol–water partition coefficient (Wildman–Crippen LogP) is 4.14. The number of benzene rings is 1. The molecule has 0 aliphatic rings. The molecule has 0 amide bonds. The van der Waals surface area contributed by atoms with E-state index in [-0.39, 0.29) is 6.61 Å². The number of rotatable bonds is 10. The second kappa shape index (κ2) is 10.7. The molecule has 0 bridgehead atoms. The first-order valence-corrected chi connectivity index (χ1v) is 11.2. The van der Waals surface area contributed by atoms with Crippen LogP contribution in [0.3, 0.4) is 0 Å². The van der Waals surface area contributed by atoms with Crippen molar-refractivity contribution in [3.8, 4) is 28.7 Å². The first-order chi connectivity index (χ1) is 15.3. The lowest BCUT2D eigenvalue weighted by Crippen LogP contribution is -2.29. The first-order valence-electron chi connectivity index (χ1n) is 11.2. The van der Waals surface area contributed by atoms with Crippen LogP contribution in [0.4, 0.5) is 0 Å². The second-order valence-electron chi connectivity index (χ2n) is 8.67. The van der Waals surface area contributed by atoms with Crippen LogP contribution in [0, 0.1) is 19.8 Å². The fourth-order valence-electron chi connectivity index (χ4n) is 3.72.